The smallest absolute Gasteiger partial charge is 0.232 e. The molecule has 7 nitrogen and oxygen atoms in total. The molecule has 0 aliphatic heterocycles. The molecule has 0 aliphatic carbocycles. The van der Waals surface area contributed by atoms with Gasteiger partial charge in [0.05, 0.1) is 12.1 Å². The fourth-order valence-corrected chi connectivity index (χ4v) is 2.30. The number of nitrogens with two attached hydrogens (primary N) is 1. The van der Waals surface area contributed by atoms with E-state index in [0.29, 0.717) is 17.4 Å². The zero-order chi connectivity index (χ0) is 13.3. The SMILES string of the molecule is CC(c1noc(Cc2csc(N)n2)n1)S(C)(=O)=O. The van der Waals surface area contributed by atoms with Gasteiger partial charge in [-0.25, -0.2) is 13.4 Å². The number of thiazole rings is 1. The third-order valence-corrected chi connectivity index (χ3v) is 4.61. The molecular weight excluding hydrogens is 276 g/mol. The molecule has 0 bridgehead atoms. The second-order valence-corrected chi connectivity index (χ2v) is 7.13. The van der Waals surface area contributed by atoms with Crippen molar-refractivity contribution >= 4 is 26.3 Å². The highest BCUT2D eigenvalue weighted by molar-refractivity contribution is 7.90. The highest BCUT2D eigenvalue weighted by Crippen LogP contribution is 2.19. The maximum absolute atomic E-state index is 11.4. The summed E-state index contributed by atoms with van der Waals surface area (Å²) in [6.45, 7) is 1.52. The summed E-state index contributed by atoms with van der Waals surface area (Å²) >= 11 is 1.32. The Bertz CT molecular complexity index is 646. The van der Waals surface area contributed by atoms with Gasteiger partial charge >= 0.3 is 0 Å². The quantitative estimate of drug-likeness (QED) is 0.885. The van der Waals surface area contributed by atoms with E-state index < -0.39 is 15.1 Å². The lowest BCUT2D eigenvalue weighted by molar-refractivity contribution is 0.378. The molecule has 0 aliphatic rings. The minimum absolute atomic E-state index is 0.163. The Morgan fingerprint density at radius 1 is 1.50 bits per heavy atom. The van der Waals surface area contributed by atoms with Crippen molar-refractivity contribution in [2.24, 2.45) is 0 Å². The zero-order valence-electron chi connectivity index (χ0n) is 9.82. The van der Waals surface area contributed by atoms with Crippen LogP contribution in [0.3, 0.4) is 0 Å². The van der Waals surface area contributed by atoms with Crippen LogP contribution in [0.1, 0.15) is 29.6 Å². The molecule has 18 heavy (non-hydrogen) atoms. The Morgan fingerprint density at radius 2 is 2.22 bits per heavy atom. The molecule has 0 fully saturated rings. The molecule has 0 aromatic carbocycles. The predicted octanol–water partition coefficient (Wildman–Crippen LogP) is 0.805. The van der Waals surface area contributed by atoms with Gasteiger partial charge in [-0.05, 0) is 6.92 Å². The van der Waals surface area contributed by atoms with Crippen molar-refractivity contribution in [2.75, 3.05) is 12.0 Å². The standard InChI is InChI=1S/C9H12N4O3S2/c1-5(18(2,14)15)8-12-7(16-13-8)3-6-4-17-9(10)11-6/h4-5H,3H2,1-2H3,(H2,10,11). The van der Waals surface area contributed by atoms with E-state index in [1.54, 1.807) is 5.38 Å². The Kier molecular flexibility index (Phi) is 3.35. The lowest BCUT2D eigenvalue weighted by Crippen LogP contribution is -2.09. The van der Waals surface area contributed by atoms with Gasteiger partial charge in [-0.15, -0.1) is 11.3 Å². The van der Waals surface area contributed by atoms with E-state index in [9.17, 15) is 8.42 Å². The largest absolute Gasteiger partial charge is 0.375 e. The first-order chi connectivity index (χ1) is 8.36. The van der Waals surface area contributed by atoms with Gasteiger partial charge in [0.15, 0.2) is 20.8 Å². The number of hydrogen-bond acceptors (Lipinski definition) is 8. The van der Waals surface area contributed by atoms with Crippen LogP contribution in [0.15, 0.2) is 9.90 Å². The molecule has 2 heterocycles. The number of anilines is 1. The number of aromatic nitrogens is 3. The Hall–Kier alpha value is -1.48. The molecule has 0 saturated carbocycles. The van der Waals surface area contributed by atoms with Gasteiger partial charge in [-0.3, -0.25) is 0 Å². The molecule has 98 valence electrons. The summed E-state index contributed by atoms with van der Waals surface area (Å²) in [5.74, 6) is 0.488. The first kappa shape index (κ1) is 13.0. The lowest BCUT2D eigenvalue weighted by Gasteiger charge is -2.01. The highest BCUT2D eigenvalue weighted by atomic mass is 32.2. The van der Waals surface area contributed by atoms with E-state index in [2.05, 4.69) is 15.1 Å². The number of hydrogen-bond donors (Lipinski definition) is 1. The van der Waals surface area contributed by atoms with Gasteiger partial charge in [0, 0.05) is 11.6 Å². The van der Waals surface area contributed by atoms with E-state index in [1.165, 1.54) is 18.3 Å². The van der Waals surface area contributed by atoms with E-state index >= 15 is 0 Å². The average molecular weight is 288 g/mol. The summed E-state index contributed by atoms with van der Waals surface area (Å²) in [7, 11) is -3.23. The van der Waals surface area contributed by atoms with Crippen LogP contribution in [0.2, 0.25) is 0 Å². The third-order valence-electron chi connectivity index (χ3n) is 2.39. The number of nitrogens with zero attached hydrogens (tertiary/aromatic N) is 3. The van der Waals surface area contributed by atoms with Crippen LogP contribution >= 0.6 is 11.3 Å². The van der Waals surface area contributed by atoms with E-state index in [1.807, 2.05) is 0 Å². The van der Waals surface area contributed by atoms with E-state index in [4.69, 9.17) is 10.3 Å². The second-order valence-electron chi connectivity index (χ2n) is 3.87. The monoisotopic (exact) mass is 288 g/mol. The van der Waals surface area contributed by atoms with Gasteiger partial charge < -0.3 is 10.3 Å². The van der Waals surface area contributed by atoms with Crippen LogP contribution < -0.4 is 5.73 Å². The van der Waals surface area contributed by atoms with Crippen molar-refractivity contribution in [2.45, 2.75) is 18.6 Å². The average Bonchev–Trinajstić information content (AvgIpc) is 2.86. The molecule has 2 aromatic rings. The molecule has 0 amide bonds. The molecule has 9 heteroatoms. The summed E-state index contributed by atoms with van der Waals surface area (Å²) in [6.07, 6.45) is 1.48. The summed E-state index contributed by atoms with van der Waals surface area (Å²) in [4.78, 5) is 8.11. The minimum Gasteiger partial charge on any atom is -0.375 e. The lowest BCUT2D eigenvalue weighted by atomic mass is 10.3. The highest BCUT2D eigenvalue weighted by Gasteiger charge is 2.23. The van der Waals surface area contributed by atoms with Crippen LogP contribution in [0, 0.1) is 0 Å². The molecule has 0 spiro atoms. The summed E-state index contributed by atoms with van der Waals surface area (Å²) in [5.41, 5.74) is 6.23. The van der Waals surface area contributed by atoms with Crippen LogP contribution in [0.4, 0.5) is 5.13 Å². The molecule has 2 N–H and O–H groups in total. The molecule has 2 rings (SSSR count). The van der Waals surface area contributed by atoms with Gasteiger partial charge in [0.25, 0.3) is 0 Å². The van der Waals surface area contributed by atoms with Crippen LogP contribution in [-0.2, 0) is 16.3 Å². The normalized spacial score (nSPS) is 13.7. The van der Waals surface area contributed by atoms with Crippen molar-refractivity contribution in [3.8, 4) is 0 Å². The van der Waals surface area contributed by atoms with Gasteiger partial charge in [-0.2, -0.15) is 4.98 Å². The molecule has 2 aromatic heterocycles. The first-order valence-corrected chi connectivity index (χ1v) is 7.91. The fourth-order valence-electron chi connectivity index (χ4n) is 1.26. The van der Waals surface area contributed by atoms with Crippen LogP contribution in [0.5, 0.6) is 0 Å². The number of nitrogen functional groups attached to an aromatic ring is 1. The molecule has 1 atom stereocenters. The van der Waals surface area contributed by atoms with Crippen molar-refractivity contribution in [3.05, 3.63) is 22.8 Å². The summed E-state index contributed by atoms with van der Waals surface area (Å²) < 4.78 is 27.7. The maximum atomic E-state index is 11.4. The first-order valence-electron chi connectivity index (χ1n) is 5.07. The Balaban J connectivity index is 2.16. The van der Waals surface area contributed by atoms with Crippen LogP contribution in [0.25, 0.3) is 0 Å². The second kappa shape index (κ2) is 4.65. The Labute approximate surface area is 108 Å². The number of sulfone groups is 1. The topological polar surface area (TPSA) is 112 Å². The predicted molar refractivity (Wildman–Crippen MR) is 66.9 cm³/mol. The van der Waals surface area contributed by atoms with Gasteiger partial charge in [0.2, 0.25) is 5.89 Å². The van der Waals surface area contributed by atoms with Gasteiger partial charge in [0.1, 0.15) is 5.25 Å². The zero-order valence-corrected chi connectivity index (χ0v) is 11.5. The van der Waals surface area contributed by atoms with Crippen molar-refractivity contribution in [1.29, 1.82) is 0 Å². The van der Waals surface area contributed by atoms with E-state index in [-0.39, 0.29) is 5.82 Å². The van der Waals surface area contributed by atoms with Crippen molar-refractivity contribution in [3.63, 3.8) is 0 Å². The van der Waals surface area contributed by atoms with Crippen molar-refractivity contribution in [1.82, 2.24) is 15.1 Å². The third kappa shape index (κ3) is 2.85. The summed E-state index contributed by atoms with van der Waals surface area (Å²) in [6, 6.07) is 0. The Morgan fingerprint density at radius 3 is 2.78 bits per heavy atom. The van der Waals surface area contributed by atoms with E-state index in [0.717, 1.165) is 11.9 Å². The molecule has 1 unspecified atom stereocenters. The minimum atomic E-state index is -3.23. The summed E-state index contributed by atoms with van der Waals surface area (Å²) in [5, 5.41) is 5.14. The number of rotatable bonds is 4. The maximum Gasteiger partial charge on any atom is 0.232 e. The molecule has 0 saturated heterocycles. The molecular formula is C9H12N4O3S2. The fraction of sp³-hybridized carbons (Fsp3) is 0.444. The van der Waals surface area contributed by atoms with Crippen LogP contribution in [-0.4, -0.2) is 29.8 Å². The van der Waals surface area contributed by atoms with Gasteiger partial charge in [-0.1, -0.05) is 5.16 Å². The molecule has 0 radical (unpaired) electrons. The van der Waals surface area contributed by atoms with Crippen molar-refractivity contribution < 1.29 is 12.9 Å².